The van der Waals surface area contributed by atoms with Crippen molar-refractivity contribution in [1.82, 2.24) is 8.61 Å². The minimum absolute atomic E-state index is 0.0614. The summed E-state index contributed by atoms with van der Waals surface area (Å²) in [5, 5.41) is 0. The number of likely N-dealkylation sites (N-methyl/N-ethyl adjacent to an activating group) is 1. The van der Waals surface area contributed by atoms with Crippen molar-refractivity contribution < 1.29 is 13.2 Å². The molecule has 0 spiro atoms. The van der Waals surface area contributed by atoms with E-state index >= 15 is 0 Å². The minimum Gasteiger partial charge on any atom is -0.377 e. The Hall–Kier alpha value is -0.210. The van der Waals surface area contributed by atoms with Crippen molar-refractivity contribution in [3.05, 3.63) is 0 Å². The molecule has 0 aliphatic carbocycles. The lowest BCUT2D eigenvalue weighted by atomic mass is 9.99. The van der Waals surface area contributed by atoms with Crippen LogP contribution in [0.1, 0.15) is 32.6 Å². The van der Waals surface area contributed by atoms with Crippen LogP contribution in [0.15, 0.2) is 0 Å². The van der Waals surface area contributed by atoms with Gasteiger partial charge in [0.25, 0.3) is 10.2 Å². The van der Waals surface area contributed by atoms with Gasteiger partial charge in [0.05, 0.1) is 6.10 Å². The zero-order valence-corrected chi connectivity index (χ0v) is 13.1. The number of ether oxygens (including phenoxy) is 1. The summed E-state index contributed by atoms with van der Waals surface area (Å²) in [4.78, 5) is 0. The van der Waals surface area contributed by atoms with Gasteiger partial charge >= 0.3 is 0 Å². The van der Waals surface area contributed by atoms with Gasteiger partial charge in [0.1, 0.15) is 0 Å². The Bertz CT molecular complexity index is 388. The third kappa shape index (κ3) is 3.71. The maximum absolute atomic E-state index is 12.7. The second-order valence-corrected chi connectivity index (χ2v) is 7.60. The highest BCUT2D eigenvalue weighted by Crippen LogP contribution is 2.22. The first-order valence-electron chi connectivity index (χ1n) is 7.64. The number of rotatable bonds is 6. The van der Waals surface area contributed by atoms with E-state index in [0.29, 0.717) is 38.6 Å². The highest BCUT2D eigenvalue weighted by molar-refractivity contribution is 7.86. The molecule has 1 unspecified atom stereocenters. The summed E-state index contributed by atoms with van der Waals surface area (Å²) >= 11 is 0. The molecule has 2 fully saturated rings. The Balaban J connectivity index is 1.96. The Morgan fingerprint density at radius 2 is 2.00 bits per heavy atom. The molecule has 20 heavy (non-hydrogen) atoms. The largest absolute Gasteiger partial charge is 0.377 e. The number of piperidine rings is 1. The molecular weight excluding hydrogens is 278 g/mol. The van der Waals surface area contributed by atoms with Crippen molar-refractivity contribution >= 4 is 10.2 Å². The van der Waals surface area contributed by atoms with Gasteiger partial charge in [0, 0.05) is 32.8 Å². The molecule has 0 saturated carbocycles. The van der Waals surface area contributed by atoms with Gasteiger partial charge in [-0.1, -0.05) is 6.92 Å². The summed E-state index contributed by atoms with van der Waals surface area (Å²) in [7, 11) is -3.35. The molecule has 0 radical (unpaired) electrons. The SMILES string of the molecule is CCN(CC1CCCO1)S(=O)(=O)N1CCC(CN)CC1. The smallest absolute Gasteiger partial charge is 0.282 e. The first-order valence-corrected chi connectivity index (χ1v) is 9.04. The fourth-order valence-corrected chi connectivity index (χ4v) is 4.62. The van der Waals surface area contributed by atoms with Crippen molar-refractivity contribution in [2.75, 3.05) is 39.3 Å². The first-order chi connectivity index (χ1) is 9.57. The predicted molar refractivity (Wildman–Crippen MR) is 78.5 cm³/mol. The van der Waals surface area contributed by atoms with Crippen LogP contribution in [0.3, 0.4) is 0 Å². The van der Waals surface area contributed by atoms with E-state index in [4.69, 9.17) is 10.5 Å². The monoisotopic (exact) mass is 305 g/mol. The predicted octanol–water partition coefficient (Wildman–Crippen LogP) is 0.403. The second-order valence-electron chi connectivity index (χ2n) is 5.67. The quantitative estimate of drug-likeness (QED) is 0.771. The van der Waals surface area contributed by atoms with Crippen LogP contribution in [0.4, 0.5) is 0 Å². The molecule has 2 saturated heterocycles. The van der Waals surface area contributed by atoms with E-state index in [1.165, 1.54) is 0 Å². The lowest BCUT2D eigenvalue weighted by Crippen LogP contribution is -2.49. The molecule has 1 atom stereocenters. The normalized spacial score (nSPS) is 26.4. The number of hydrogen-bond acceptors (Lipinski definition) is 4. The van der Waals surface area contributed by atoms with Gasteiger partial charge in [-0.3, -0.25) is 0 Å². The summed E-state index contributed by atoms with van der Waals surface area (Å²) in [6.45, 7) is 5.46. The minimum atomic E-state index is -3.35. The van der Waals surface area contributed by atoms with Gasteiger partial charge in [-0.05, 0) is 38.1 Å². The molecule has 2 rings (SSSR count). The summed E-state index contributed by atoms with van der Waals surface area (Å²) in [6.07, 6.45) is 3.79. The molecule has 0 amide bonds. The first kappa shape index (κ1) is 16.2. The van der Waals surface area contributed by atoms with Crippen LogP contribution in [0.25, 0.3) is 0 Å². The summed E-state index contributed by atoms with van der Waals surface area (Å²) < 4.78 is 34.1. The van der Waals surface area contributed by atoms with Gasteiger partial charge in [-0.15, -0.1) is 0 Å². The van der Waals surface area contributed by atoms with E-state index in [1.54, 1.807) is 8.61 Å². The van der Waals surface area contributed by atoms with Crippen LogP contribution in [-0.4, -0.2) is 62.5 Å². The fraction of sp³-hybridized carbons (Fsp3) is 1.00. The maximum Gasteiger partial charge on any atom is 0.282 e. The Morgan fingerprint density at radius 1 is 1.30 bits per heavy atom. The van der Waals surface area contributed by atoms with Crippen LogP contribution in [-0.2, 0) is 14.9 Å². The molecule has 0 aromatic heterocycles. The zero-order valence-electron chi connectivity index (χ0n) is 12.3. The van der Waals surface area contributed by atoms with Crippen molar-refractivity contribution in [2.24, 2.45) is 11.7 Å². The Labute approximate surface area is 122 Å². The Morgan fingerprint density at radius 3 is 2.50 bits per heavy atom. The molecule has 2 N–H and O–H groups in total. The van der Waals surface area contributed by atoms with Gasteiger partial charge < -0.3 is 10.5 Å². The van der Waals surface area contributed by atoms with Gasteiger partial charge in [0.15, 0.2) is 0 Å². The summed E-state index contributed by atoms with van der Waals surface area (Å²) in [5.74, 6) is 0.467. The molecule has 2 aliphatic heterocycles. The second kappa shape index (κ2) is 7.17. The number of nitrogens with zero attached hydrogens (tertiary/aromatic N) is 2. The third-order valence-electron chi connectivity index (χ3n) is 4.34. The average molecular weight is 305 g/mol. The zero-order chi connectivity index (χ0) is 14.6. The van der Waals surface area contributed by atoms with E-state index in [9.17, 15) is 8.42 Å². The van der Waals surface area contributed by atoms with Crippen LogP contribution in [0.5, 0.6) is 0 Å². The van der Waals surface area contributed by atoms with Crippen LogP contribution >= 0.6 is 0 Å². The topological polar surface area (TPSA) is 75.9 Å². The van der Waals surface area contributed by atoms with Gasteiger partial charge in [-0.25, -0.2) is 0 Å². The molecule has 0 aromatic carbocycles. The molecule has 0 aromatic rings. The molecule has 0 bridgehead atoms. The van der Waals surface area contributed by atoms with Gasteiger partial charge in [-0.2, -0.15) is 17.0 Å². The molecule has 6 nitrogen and oxygen atoms in total. The van der Waals surface area contributed by atoms with Crippen molar-refractivity contribution in [3.63, 3.8) is 0 Å². The molecular formula is C13H27N3O3S. The lowest BCUT2D eigenvalue weighted by Gasteiger charge is -2.35. The molecule has 2 heterocycles. The molecule has 2 aliphatic rings. The summed E-state index contributed by atoms with van der Waals surface area (Å²) in [6, 6.07) is 0. The van der Waals surface area contributed by atoms with Crippen LogP contribution in [0.2, 0.25) is 0 Å². The van der Waals surface area contributed by atoms with E-state index < -0.39 is 10.2 Å². The highest BCUT2D eigenvalue weighted by Gasteiger charge is 2.33. The van der Waals surface area contributed by atoms with Crippen LogP contribution < -0.4 is 5.73 Å². The maximum atomic E-state index is 12.7. The van der Waals surface area contributed by atoms with E-state index in [0.717, 1.165) is 32.3 Å². The lowest BCUT2D eigenvalue weighted by molar-refractivity contribution is 0.0925. The van der Waals surface area contributed by atoms with E-state index in [1.807, 2.05) is 6.92 Å². The fourth-order valence-electron chi connectivity index (χ4n) is 2.94. The number of hydrogen-bond donors (Lipinski definition) is 1. The summed E-state index contributed by atoms with van der Waals surface area (Å²) in [5.41, 5.74) is 5.66. The van der Waals surface area contributed by atoms with Crippen molar-refractivity contribution in [2.45, 2.75) is 38.7 Å². The standard InChI is InChI=1S/C13H27N3O3S/c1-2-15(11-13-4-3-9-19-13)20(17,18)16-7-5-12(10-14)6-8-16/h12-13H,2-11,14H2,1H3. The molecule has 118 valence electrons. The van der Waals surface area contributed by atoms with Crippen molar-refractivity contribution in [1.29, 1.82) is 0 Å². The van der Waals surface area contributed by atoms with Crippen LogP contribution in [0, 0.1) is 5.92 Å². The Kier molecular flexibility index (Phi) is 5.80. The highest BCUT2D eigenvalue weighted by atomic mass is 32.2. The molecule has 7 heteroatoms. The third-order valence-corrected chi connectivity index (χ3v) is 6.42. The van der Waals surface area contributed by atoms with E-state index in [-0.39, 0.29) is 6.10 Å². The number of nitrogens with two attached hydrogens (primary N) is 1. The van der Waals surface area contributed by atoms with Gasteiger partial charge in [0.2, 0.25) is 0 Å². The van der Waals surface area contributed by atoms with E-state index in [2.05, 4.69) is 0 Å². The van der Waals surface area contributed by atoms with Crippen molar-refractivity contribution in [3.8, 4) is 0 Å². The average Bonchev–Trinajstić information content (AvgIpc) is 2.97.